The summed E-state index contributed by atoms with van der Waals surface area (Å²) in [7, 11) is 4.36. The van der Waals surface area contributed by atoms with E-state index in [1.165, 1.54) is 36.3 Å². The van der Waals surface area contributed by atoms with Crippen LogP contribution >= 0.6 is 0 Å². The molecule has 1 aliphatic carbocycles. The number of aromatic nitrogens is 3. The molecule has 1 fully saturated rings. The summed E-state index contributed by atoms with van der Waals surface area (Å²) in [5.41, 5.74) is 3.69. The van der Waals surface area contributed by atoms with Gasteiger partial charge in [0, 0.05) is 48.3 Å². The lowest BCUT2D eigenvalue weighted by atomic mass is 10.0. The number of pyridine rings is 1. The fourth-order valence-electron chi connectivity index (χ4n) is 3.87. The molecule has 0 radical (unpaired) electrons. The Bertz CT molecular complexity index is 713. The van der Waals surface area contributed by atoms with Crippen molar-refractivity contribution in [2.24, 2.45) is 0 Å². The standard InChI is InChI=1S/C19H25N5/c1-23(2)15-5-4-12-24(13-15)19-16-6-3-7-17(16)21-18(22-19)14-8-10-20-11-9-14/h8-11,15H,3-7,12-13H2,1-2H3. The maximum absolute atomic E-state index is 5.00. The van der Waals surface area contributed by atoms with Gasteiger partial charge in [-0.15, -0.1) is 0 Å². The largest absolute Gasteiger partial charge is 0.355 e. The molecule has 2 aromatic heterocycles. The van der Waals surface area contributed by atoms with Crippen LogP contribution in [0.25, 0.3) is 11.4 Å². The van der Waals surface area contributed by atoms with E-state index in [1.807, 2.05) is 24.5 Å². The summed E-state index contributed by atoms with van der Waals surface area (Å²) in [6, 6.07) is 4.61. The number of rotatable bonds is 3. The van der Waals surface area contributed by atoms with Crippen molar-refractivity contribution in [2.45, 2.75) is 38.1 Å². The van der Waals surface area contributed by atoms with Crippen molar-refractivity contribution in [2.75, 3.05) is 32.1 Å². The number of nitrogens with zero attached hydrogens (tertiary/aromatic N) is 5. The second kappa shape index (κ2) is 6.48. The molecule has 3 heterocycles. The molecule has 2 aromatic rings. The molecular weight excluding hydrogens is 298 g/mol. The van der Waals surface area contributed by atoms with Crippen LogP contribution < -0.4 is 4.90 Å². The number of anilines is 1. The van der Waals surface area contributed by atoms with E-state index in [0.717, 1.165) is 37.3 Å². The van der Waals surface area contributed by atoms with Crippen LogP contribution in [0.2, 0.25) is 0 Å². The highest BCUT2D eigenvalue weighted by atomic mass is 15.2. The summed E-state index contributed by atoms with van der Waals surface area (Å²) in [6.07, 6.45) is 9.52. The molecule has 126 valence electrons. The van der Waals surface area contributed by atoms with E-state index in [2.05, 4.69) is 28.9 Å². The van der Waals surface area contributed by atoms with E-state index in [-0.39, 0.29) is 0 Å². The first-order valence-electron chi connectivity index (χ1n) is 8.94. The minimum Gasteiger partial charge on any atom is -0.355 e. The maximum atomic E-state index is 5.00. The Morgan fingerprint density at radius 1 is 1.08 bits per heavy atom. The topological polar surface area (TPSA) is 45.2 Å². The Labute approximate surface area is 143 Å². The molecule has 0 N–H and O–H groups in total. The number of fused-ring (bicyclic) bond motifs is 1. The fourth-order valence-corrected chi connectivity index (χ4v) is 3.87. The summed E-state index contributed by atoms with van der Waals surface area (Å²) in [5, 5.41) is 0. The van der Waals surface area contributed by atoms with Gasteiger partial charge in [0.25, 0.3) is 0 Å². The highest BCUT2D eigenvalue weighted by molar-refractivity contribution is 5.61. The molecule has 0 saturated carbocycles. The maximum Gasteiger partial charge on any atom is 0.161 e. The Morgan fingerprint density at radius 3 is 2.71 bits per heavy atom. The zero-order valence-corrected chi connectivity index (χ0v) is 14.6. The molecule has 5 nitrogen and oxygen atoms in total. The normalized spacial score (nSPS) is 20.5. The van der Waals surface area contributed by atoms with Gasteiger partial charge in [0.1, 0.15) is 5.82 Å². The van der Waals surface area contributed by atoms with Gasteiger partial charge in [-0.1, -0.05) is 0 Å². The van der Waals surface area contributed by atoms with Gasteiger partial charge >= 0.3 is 0 Å². The molecule has 0 amide bonds. The van der Waals surface area contributed by atoms with Crippen molar-refractivity contribution in [3.63, 3.8) is 0 Å². The number of hydrogen-bond donors (Lipinski definition) is 0. The number of likely N-dealkylation sites (N-methyl/N-ethyl adjacent to an activating group) is 1. The highest BCUT2D eigenvalue weighted by Crippen LogP contribution is 2.33. The molecule has 24 heavy (non-hydrogen) atoms. The van der Waals surface area contributed by atoms with Crippen LogP contribution in [-0.2, 0) is 12.8 Å². The third-order valence-corrected chi connectivity index (χ3v) is 5.28. The Balaban J connectivity index is 1.73. The molecule has 1 atom stereocenters. The lowest BCUT2D eigenvalue weighted by molar-refractivity contribution is 0.257. The average Bonchev–Trinajstić information content (AvgIpc) is 3.10. The lowest BCUT2D eigenvalue weighted by Crippen LogP contribution is -2.45. The Morgan fingerprint density at radius 2 is 1.92 bits per heavy atom. The smallest absolute Gasteiger partial charge is 0.161 e. The predicted molar refractivity (Wildman–Crippen MR) is 96.2 cm³/mol. The van der Waals surface area contributed by atoms with Crippen LogP contribution in [0, 0.1) is 0 Å². The van der Waals surface area contributed by atoms with Crippen LogP contribution in [0.15, 0.2) is 24.5 Å². The monoisotopic (exact) mass is 323 g/mol. The molecule has 0 aromatic carbocycles. The molecular formula is C19H25N5. The van der Waals surface area contributed by atoms with E-state index in [1.54, 1.807) is 0 Å². The van der Waals surface area contributed by atoms with Crippen molar-refractivity contribution in [3.05, 3.63) is 35.8 Å². The Kier molecular flexibility index (Phi) is 4.19. The molecule has 1 aliphatic heterocycles. The second-order valence-corrected chi connectivity index (χ2v) is 7.09. The zero-order chi connectivity index (χ0) is 16.5. The van der Waals surface area contributed by atoms with E-state index < -0.39 is 0 Å². The van der Waals surface area contributed by atoms with Gasteiger partial charge in [0.2, 0.25) is 0 Å². The minimum absolute atomic E-state index is 0.607. The first-order chi connectivity index (χ1) is 11.7. The minimum atomic E-state index is 0.607. The molecule has 0 spiro atoms. The highest BCUT2D eigenvalue weighted by Gasteiger charge is 2.27. The lowest BCUT2D eigenvalue weighted by Gasteiger charge is -2.37. The molecule has 5 heteroatoms. The van der Waals surface area contributed by atoms with Gasteiger partial charge in [-0.2, -0.15) is 0 Å². The predicted octanol–water partition coefficient (Wildman–Crippen LogP) is 2.56. The third kappa shape index (κ3) is 2.88. The van der Waals surface area contributed by atoms with Crippen LogP contribution in [-0.4, -0.2) is 53.1 Å². The molecule has 1 saturated heterocycles. The van der Waals surface area contributed by atoms with E-state index in [4.69, 9.17) is 9.97 Å². The summed E-state index contributed by atoms with van der Waals surface area (Å²) >= 11 is 0. The number of hydrogen-bond acceptors (Lipinski definition) is 5. The summed E-state index contributed by atoms with van der Waals surface area (Å²) in [5.74, 6) is 2.02. The molecule has 2 aliphatic rings. The number of aryl methyl sites for hydroxylation is 1. The fraction of sp³-hybridized carbons (Fsp3) is 0.526. The molecule has 1 unspecified atom stereocenters. The van der Waals surface area contributed by atoms with Gasteiger partial charge in [-0.25, -0.2) is 9.97 Å². The summed E-state index contributed by atoms with van der Waals surface area (Å²) in [4.78, 5) is 18.8. The van der Waals surface area contributed by atoms with Crippen molar-refractivity contribution >= 4 is 5.82 Å². The van der Waals surface area contributed by atoms with Crippen LogP contribution in [0.5, 0.6) is 0 Å². The van der Waals surface area contributed by atoms with Gasteiger partial charge in [0.15, 0.2) is 5.82 Å². The zero-order valence-electron chi connectivity index (χ0n) is 14.6. The average molecular weight is 323 g/mol. The first kappa shape index (κ1) is 15.5. The van der Waals surface area contributed by atoms with Crippen LogP contribution in [0.3, 0.4) is 0 Å². The summed E-state index contributed by atoms with van der Waals surface area (Å²) in [6.45, 7) is 2.16. The van der Waals surface area contributed by atoms with Crippen molar-refractivity contribution in [1.29, 1.82) is 0 Å². The van der Waals surface area contributed by atoms with Gasteiger partial charge in [-0.05, 0) is 58.3 Å². The molecule has 0 bridgehead atoms. The molecule has 4 rings (SSSR count). The first-order valence-corrected chi connectivity index (χ1v) is 8.94. The Hall–Kier alpha value is -2.01. The second-order valence-electron chi connectivity index (χ2n) is 7.09. The van der Waals surface area contributed by atoms with Crippen molar-refractivity contribution in [3.8, 4) is 11.4 Å². The van der Waals surface area contributed by atoms with Gasteiger partial charge < -0.3 is 9.80 Å². The van der Waals surface area contributed by atoms with Crippen molar-refractivity contribution in [1.82, 2.24) is 19.9 Å². The van der Waals surface area contributed by atoms with Crippen LogP contribution in [0.4, 0.5) is 5.82 Å². The number of piperidine rings is 1. The van der Waals surface area contributed by atoms with E-state index >= 15 is 0 Å². The van der Waals surface area contributed by atoms with E-state index in [0.29, 0.717) is 6.04 Å². The van der Waals surface area contributed by atoms with Gasteiger partial charge in [0.05, 0.1) is 0 Å². The third-order valence-electron chi connectivity index (χ3n) is 5.28. The SMILES string of the molecule is CN(C)C1CCCN(c2nc(-c3ccncc3)nc3c2CCC3)C1. The van der Waals surface area contributed by atoms with Crippen molar-refractivity contribution < 1.29 is 0 Å². The van der Waals surface area contributed by atoms with Gasteiger partial charge in [-0.3, -0.25) is 4.98 Å². The van der Waals surface area contributed by atoms with Crippen LogP contribution in [0.1, 0.15) is 30.5 Å². The summed E-state index contributed by atoms with van der Waals surface area (Å²) < 4.78 is 0. The van der Waals surface area contributed by atoms with E-state index in [9.17, 15) is 0 Å². The quantitative estimate of drug-likeness (QED) is 0.868.